The number of hydrogen-bond acceptors (Lipinski definition) is 6. The molecule has 0 aliphatic rings. The topological polar surface area (TPSA) is 97.7 Å². The summed E-state index contributed by atoms with van der Waals surface area (Å²) >= 11 is 1.27. The van der Waals surface area contributed by atoms with Crippen molar-refractivity contribution in [2.45, 2.75) is 37.0 Å². The van der Waals surface area contributed by atoms with Crippen LogP contribution in [0.3, 0.4) is 0 Å². The molecule has 122 valence electrons. The molecule has 3 aromatic rings. The van der Waals surface area contributed by atoms with Crippen molar-refractivity contribution in [2.24, 2.45) is 0 Å². The van der Waals surface area contributed by atoms with Gasteiger partial charge in [-0.15, -0.1) is 11.3 Å². The van der Waals surface area contributed by atoms with Crippen molar-refractivity contribution in [1.29, 1.82) is 0 Å². The van der Waals surface area contributed by atoms with Gasteiger partial charge in [0.25, 0.3) is 5.56 Å². The summed E-state index contributed by atoms with van der Waals surface area (Å²) in [6, 6.07) is 1.70. The Labute approximate surface area is 136 Å². The fraction of sp³-hybridized carbons (Fsp3) is 0.357. The molecular formula is C14H16N4O3S2. The molecular weight excluding hydrogens is 336 g/mol. The molecule has 3 heterocycles. The van der Waals surface area contributed by atoms with E-state index in [9.17, 15) is 13.2 Å². The lowest BCUT2D eigenvalue weighted by Crippen LogP contribution is -2.22. The molecule has 0 aliphatic carbocycles. The number of rotatable bonds is 3. The van der Waals surface area contributed by atoms with Gasteiger partial charge in [0, 0.05) is 6.20 Å². The normalized spacial score (nSPS) is 12.8. The van der Waals surface area contributed by atoms with Crippen molar-refractivity contribution in [3.63, 3.8) is 0 Å². The Hall–Kier alpha value is -2.00. The van der Waals surface area contributed by atoms with Crippen molar-refractivity contribution < 1.29 is 8.42 Å². The van der Waals surface area contributed by atoms with E-state index >= 15 is 0 Å². The third-order valence-corrected chi connectivity index (χ3v) is 5.78. The third-order valence-electron chi connectivity index (χ3n) is 3.30. The Morgan fingerprint density at radius 3 is 2.74 bits per heavy atom. The maximum atomic E-state index is 12.5. The van der Waals surface area contributed by atoms with E-state index in [-0.39, 0.29) is 27.6 Å². The zero-order chi connectivity index (χ0) is 16.8. The van der Waals surface area contributed by atoms with Gasteiger partial charge in [-0.1, -0.05) is 0 Å². The number of aromatic amines is 1. The van der Waals surface area contributed by atoms with Gasteiger partial charge < -0.3 is 4.98 Å². The zero-order valence-electron chi connectivity index (χ0n) is 12.9. The molecule has 0 bridgehead atoms. The number of aromatic nitrogens is 4. The molecule has 0 unspecified atom stereocenters. The van der Waals surface area contributed by atoms with Gasteiger partial charge in [-0.25, -0.2) is 13.4 Å². The van der Waals surface area contributed by atoms with Crippen LogP contribution in [0.15, 0.2) is 33.5 Å². The van der Waals surface area contributed by atoms with Gasteiger partial charge in [0.15, 0.2) is 9.84 Å². The van der Waals surface area contributed by atoms with Crippen LogP contribution >= 0.6 is 11.3 Å². The Kier molecular flexibility index (Phi) is 3.64. The lowest BCUT2D eigenvalue weighted by atomic mass is 10.1. The number of sulfone groups is 1. The van der Waals surface area contributed by atoms with Crippen molar-refractivity contribution in [2.75, 3.05) is 0 Å². The molecule has 23 heavy (non-hydrogen) atoms. The highest BCUT2D eigenvalue weighted by Gasteiger charge is 2.22. The molecule has 0 amide bonds. The van der Waals surface area contributed by atoms with Crippen LogP contribution in [0.4, 0.5) is 0 Å². The van der Waals surface area contributed by atoms with Crippen LogP contribution in [-0.4, -0.2) is 28.2 Å². The van der Waals surface area contributed by atoms with E-state index in [1.165, 1.54) is 23.7 Å². The number of H-pyrrole nitrogens is 1. The predicted octanol–water partition coefficient (Wildman–Crippen LogP) is 1.91. The molecule has 9 heteroatoms. The maximum absolute atomic E-state index is 12.5. The number of fused-ring (bicyclic) bond motifs is 1. The summed E-state index contributed by atoms with van der Waals surface area (Å²) < 4.78 is 27.1. The first-order valence-corrected chi connectivity index (χ1v) is 9.44. The second kappa shape index (κ2) is 5.27. The third kappa shape index (κ3) is 3.06. The Morgan fingerprint density at radius 1 is 1.35 bits per heavy atom. The molecule has 7 nitrogen and oxygen atoms in total. The zero-order valence-corrected chi connectivity index (χ0v) is 14.5. The van der Waals surface area contributed by atoms with Crippen molar-refractivity contribution in [1.82, 2.24) is 19.7 Å². The Bertz CT molecular complexity index is 1020. The minimum atomic E-state index is -3.63. The Morgan fingerprint density at radius 2 is 2.09 bits per heavy atom. The summed E-state index contributed by atoms with van der Waals surface area (Å²) in [4.78, 5) is 18.8. The van der Waals surface area contributed by atoms with Crippen LogP contribution < -0.4 is 5.56 Å². The second-order valence-electron chi connectivity index (χ2n) is 6.20. The van der Waals surface area contributed by atoms with Crippen LogP contribution in [0.2, 0.25) is 0 Å². The van der Waals surface area contributed by atoms with E-state index in [1.54, 1.807) is 16.1 Å². The molecule has 1 N–H and O–H groups in total. The summed E-state index contributed by atoms with van der Waals surface area (Å²) in [5, 5.41) is 5.85. The standard InChI is InChI=1S/C14H16N4O3S2/c1-14(2,3)18-7-9(6-15-18)23(20,21)8-11-16-10-4-5-22-12(10)13(19)17-11/h4-7H,8H2,1-3H3,(H,16,17,19). The second-order valence-corrected chi connectivity index (χ2v) is 9.10. The monoisotopic (exact) mass is 352 g/mol. The number of hydrogen-bond donors (Lipinski definition) is 1. The summed E-state index contributed by atoms with van der Waals surface area (Å²) in [6.07, 6.45) is 2.82. The van der Waals surface area contributed by atoms with E-state index in [0.29, 0.717) is 10.2 Å². The minimum absolute atomic E-state index is 0.112. The van der Waals surface area contributed by atoms with Crippen molar-refractivity contribution >= 4 is 31.4 Å². The first-order chi connectivity index (χ1) is 10.7. The van der Waals surface area contributed by atoms with Gasteiger partial charge in [-0.3, -0.25) is 9.48 Å². The van der Waals surface area contributed by atoms with Gasteiger partial charge in [0.1, 0.15) is 21.2 Å². The van der Waals surface area contributed by atoms with Crippen LogP contribution in [-0.2, 0) is 21.1 Å². The molecule has 0 aromatic carbocycles. The van der Waals surface area contributed by atoms with Gasteiger partial charge in [0.05, 0.1) is 17.3 Å². The molecule has 3 rings (SSSR count). The average molecular weight is 352 g/mol. The molecule has 3 aromatic heterocycles. The van der Waals surface area contributed by atoms with E-state index < -0.39 is 9.84 Å². The van der Waals surface area contributed by atoms with Crippen LogP contribution in [0.1, 0.15) is 26.6 Å². The molecule has 0 radical (unpaired) electrons. The molecule has 0 fully saturated rings. The summed E-state index contributed by atoms with van der Waals surface area (Å²) in [6.45, 7) is 5.79. The lowest BCUT2D eigenvalue weighted by Gasteiger charge is -2.18. The van der Waals surface area contributed by atoms with E-state index in [0.717, 1.165) is 0 Å². The quantitative estimate of drug-likeness (QED) is 0.776. The first-order valence-electron chi connectivity index (χ1n) is 6.91. The summed E-state index contributed by atoms with van der Waals surface area (Å²) in [7, 11) is -3.63. The SMILES string of the molecule is CC(C)(C)n1cc(S(=O)(=O)Cc2nc3ccsc3c(=O)[nH]2)cn1. The van der Waals surface area contributed by atoms with Crippen molar-refractivity contribution in [3.8, 4) is 0 Å². The van der Waals surface area contributed by atoms with Gasteiger partial charge in [-0.2, -0.15) is 5.10 Å². The molecule has 0 saturated heterocycles. The van der Waals surface area contributed by atoms with E-state index in [4.69, 9.17) is 0 Å². The average Bonchev–Trinajstić information content (AvgIpc) is 3.06. The van der Waals surface area contributed by atoms with Crippen LogP contribution in [0.5, 0.6) is 0 Å². The number of nitrogens with one attached hydrogen (secondary N) is 1. The van der Waals surface area contributed by atoms with Gasteiger partial charge in [-0.05, 0) is 32.2 Å². The summed E-state index contributed by atoms with van der Waals surface area (Å²) in [5.74, 6) is -0.242. The number of nitrogens with zero attached hydrogens (tertiary/aromatic N) is 3. The summed E-state index contributed by atoms with van der Waals surface area (Å²) in [5.41, 5.74) is -0.120. The molecule has 0 aliphatic heterocycles. The smallest absolute Gasteiger partial charge is 0.268 e. The van der Waals surface area contributed by atoms with Crippen molar-refractivity contribution in [3.05, 3.63) is 40.0 Å². The van der Waals surface area contributed by atoms with E-state index in [1.807, 2.05) is 20.8 Å². The van der Waals surface area contributed by atoms with Crippen LogP contribution in [0.25, 0.3) is 10.2 Å². The maximum Gasteiger partial charge on any atom is 0.268 e. The predicted molar refractivity (Wildman–Crippen MR) is 88.4 cm³/mol. The number of thiophene rings is 1. The molecule has 0 atom stereocenters. The van der Waals surface area contributed by atoms with Gasteiger partial charge >= 0.3 is 0 Å². The highest BCUT2D eigenvalue weighted by Crippen LogP contribution is 2.20. The lowest BCUT2D eigenvalue weighted by molar-refractivity contribution is 0.355. The molecule has 0 spiro atoms. The highest BCUT2D eigenvalue weighted by molar-refractivity contribution is 7.90. The van der Waals surface area contributed by atoms with E-state index in [2.05, 4.69) is 15.1 Å². The minimum Gasteiger partial charge on any atom is -0.308 e. The van der Waals surface area contributed by atoms with Gasteiger partial charge in [0.2, 0.25) is 0 Å². The first kappa shape index (κ1) is 15.9. The van der Waals surface area contributed by atoms with Crippen LogP contribution in [0, 0.1) is 0 Å². The Balaban J connectivity index is 1.96. The fourth-order valence-electron chi connectivity index (χ4n) is 2.09. The molecule has 0 saturated carbocycles. The fourth-order valence-corrected chi connectivity index (χ4v) is 3.94. The highest BCUT2D eigenvalue weighted by atomic mass is 32.2. The largest absolute Gasteiger partial charge is 0.308 e.